The fraction of sp³-hybridized carbons (Fsp3) is 0.457. The Labute approximate surface area is 580 Å². The molecule has 5 heterocycles. The van der Waals surface area contributed by atoms with Gasteiger partial charge in [0.2, 0.25) is 59.1 Å². The number of fused-ring (bicyclic) bond motifs is 6. The van der Waals surface area contributed by atoms with Crippen molar-refractivity contribution < 1.29 is 66.9 Å². The minimum absolute atomic E-state index is 0.0293. The van der Waals surface area contributed by atoms with Crippen molar-refractivity contribution in [2.75, 3.05) is 37.7 Å². The van der Waals surface area contributed by atoms with Crippen molar-refractivity contribution in [3.05, 3.63) is 137 Å². The van der Waals surface area contributed by atoms with Crippen LogP contribution in [0.4, 0.5) is 8.78 Å². The first-order valence-electron chi connectivity index (χ1n) is 33.3. The third-order valence-electron chi connectivity index (χ3n) is 18.4. The number of unbranched alkanes of at least 4 members (excludes halogenated alkanes) is 1. The molecule has 0 radical (unpaired) electrons. The van der Waals surface area contributed by atoms with Gasteiger partial charge in [0.1, 0.15) is 65.2 Å². The monoisotopic (exact) mass is 1400 g/mol. The molecular formula is C70H87F2N13O12S2. The van der Waals surface area contributed by atoms with E-state index in [0.717, 1.165) is 11.1 Å². The second-order valence-electron chi connectivity index (χ2n) is 26.0. The number of aliphatic hydroxyl groups excluding tert-OH is 1. The van der Waals surface area contributed by atoms with Gasteiger partial charge in [-0.15, -0.1) is 0 Å². The van der Waals surface area contributed by atoms with Crippen LogP contribution >= 0.6 is 23.5 Å². The zero-order valence-electron chi connectivity index (χ0n) is 55.5. The molecule has 2 bridgehead atoms. The van der Waals surface area contributed by atoms with E-state index in [-0.39, 0.29) is 76.0 Å². The molecule has 530 valence electrons. The van der Waals surface area contributed by atoms with E-state index in [4.69, 9.17) is 11.5 Å². The molecule has 2 saturated heterocycles. The van der Waals surface area contributed by atoms with Gasteiger partial charge in [-0.25, -0.2) is 8.78 Å². The summed E-state index contributed by atoms with van der Waals surface area (Å²) < 4.78 is 29.9. The van der Waals surface area contributed by atoms with E-state index in [2.05, 4.69) is 47.2 Å². The summed E-state index contributed by atoms with van der Waals surface area (Å²) >= 11 is 2.83. The quantitative estimate of drug-likeness (QED) is 0.0738. The van der Waals surface area contributed by atoms with E-state index in [1.807, 2.05) is 24.3 Å². The number of rotatable bonds is 13. The number of thioether (sulfide) groups is 2. The highest BCUT2D eigenvalue weighted by molar-refractivity contribution is 7.98. The number of nitrogens with two attached hydrogens (primary N) is 2. The molecule has 0 saturated carbocycles. The molecule has 29 heteroatoms. The fourth-order valence-corrected chi connectivity index (χ4v) is 14.7. The lowest BCUT2D eigenvalue weighted by atomic mass is 9.94. The largest absolute Gasteiger partial charge is 0.508 e. The molecule has 3 aliphatic rings. The number of hydrogen-bond donors (Lipinski definition) is 13. The molecule has 4 aromatic carbocycles. The van der Waals surface area contributed by atoms with Crippen LogP contribution in [-0.2, 0) is 78.7 Å². The molecule has 2 fully saturated rings. The molecule has 6 aromatic rings. The summed E-state index contributed by atoms with van der Waals surface area (Å²) in [6.07, 6.45) is 2.62. The number of phenolic OH excluding ortho intramolecular Hbond substituents is 1. The van der Waals surface area contributed by atoms with Crippen LogP contribution < -0.4 is 48.7 Å². The molecule has 15 N–H and O–H groups in total. The predicted molar refractivity (Wildman–Crippen MR) is 371 cm³/mol. The van der Waals surface area contributed by atoms with E-state index in [9.17, 15) is 52.6 Å². The SMILES string of the molecule is CC(C)[C@@H](O)[C@@H]1NC(=O)[C@@H]2CCCN2C(=O)[C@H](Cc2c[nH]c3ccc(F)cc23)NC(=O)[C@H](Cc2c[nH]c3ccc(F)cc23)NC(=O)CNC(=O)[C@H](CCCCN)NC(=O)CCSCc2cccc(c2)CSC[C@@H](C(N)=O)NC(=O)[C@]2(C)CCCN2C(=O)[C@H](Cc2ccc(O)cc2)NC1=O. The van der Waals surface area contributed by atoms with Gasteiger partial charge in [-0.3, -0.25) is 47.9 Å². The Balaban J connectivity index is 1.05. The number of nitrogens with zero attached hydrogens (tertiary/aromatic N) is 2. The summed E-state index contributed by atoms with van der Waals surface area (Å²) in [4.78, 5) is 154. The summed E-state index contributed by atoms with van der Waals surface area (Å²) in [6, 6.07) is 11.5. The van der Waals surface area contributed by atoms with Gasteiger partial charge in [0.25, 0.3) is 0 Å². The number of aromatic nitrogens is 2. The Bertz CT molecular complexity index is 3930. The number of aliphatic hydroxyl groups is 1. The van der Waals surface area contributed by atoms with Crippen LogP contribution in [0.15, 0.2) is 97.3 Å². The van der Waals surface area contributed by atoms with Gasteiger partial charge in [0, 0.05) is 96.0 Å². The number of nitrogens with one attached hydrogen (secondary N) is 9. The maximum absolute atomic E-state index is 15.5. The lowest BCUT2D eigenvalue weighted by molar-refractivity contribution is -0.147. The first kappa shape index (κ1) is 74.2. The van der Waals surface area contributed by atoms with Crippen LogP contribution in [0, 0.1) is 17.6 Å². The Morgan fingerprint density at radius 1 is 0.677 bits per heavy atom. The van der Waals surface area contributed by atoms with Crippen molar-refractivity contribution in [3.8, 4) is 5.75 Å². The third-order valence-corrected chi connectivity index (χ3v) is 20.5. The number of amides is 10. The van der Waals surface area contributed by atoms with E-state index >= 15 is 14.4 Å². The van der Waals surface area contributed by atoms with Gasteiger partial charge in [-0.1, -0.05) is 50.2 Å². The van der Waals surface area contributed by atoms with Gasteiger partial charge in [-0.2, -0.15) is 23.5 Å². The molecule has 2 aromatic heterocycles. The topological polar surface area (TPSA) is 385 Å². The first-order valence-corrected chi connectivity index (χ1v) is 35.6. The van der Waals surface area contributed by atoms with E-state index in [1.54, 1.807) is 20.8 Å². The molecule has 3 aliphatic heterocycles. The Kier molecular flexibility index (Phi) is 25.6. The van der Waals surface area contributed by atoms with Crippen LogP contribution in [0.1, 0.15) is 100.0 Å². The van der Waals surface area contributed by atoms with E-state index in [1.165, 1.54) is 106 Å². The Morgan fingerprint density at radius 3 is 1.95 bits per heavy atom. The molecular weight excluding hydrogens is 1320 g/mol. The van der Waals surface area contributed by atoms with Gasteiger partial charge < -0.3 is 78.7 Å². The number of aromatic amines is 2. The van der Waals surface area contributed by atoms with Gasteiger partial charge in [0.05, 0.1) is 12.6 Å². The van der Waals surface area contributed by atoms with Crippen LogP contribution in [-0.4, -0.2) is 181 Å². The molecule has 10 amide bonds. The number of benzene rings is 4. The number of halogens is 2. The minimum Gasteiger partial charge on any atom is -0.508 e. The van der Waals surface area contributed by atoms with Crippen molar-refractivity contribution in [3.63, 3.8) is 0 Å². The smallest absolute Gasteiger partial charge is 0.246 e. The highest BCUT2D eigenvalue weighted by Gasteiger charge is 2.49. The number of aromatic hydroxyl groups is 1. The predicted octanol–water partition coefficient (Wildman–Crippen LogP) is 3.26. The highest BCUT2D eigenvalue weighted by Crippen LogP contribution is 2.32. The number of hydrogen-bond acceptors (Lipinski definition) is 15. The number of primary amides is 1. The van der Waals surface area contributed by atoms with Crippen LogP contribution in [0.5, 0.6) is 5.75 Å². The molecule has 99 heavy (non-hydrogen) atoms. The highest BCUT2D eigenvalue weighted by atomic mass is 32.2. The minimum atomic E-state index is -1.78. The van der Waals surface area contributed by atoms with Crippen LogP contribution in [0.3, 0.4) is 0 Å². The number of carbonyl (C=O) groups excluding carboxylic acids is 10. The Morgan fingerprint density at radius 2 is 1.30 bits per heavy atom. The zero-order chi connectivity index (χ0) is 71.1. The second-order valence-corrected chi connectivity index (χ2v) is 28.1. The first-order chi connectivity index (χ1) is 47.4. The summed E-state index contributed by atoms with van der Waals surface area (Å²) in [6.45, 7) is 4.38. The van der Waals surface area contributed by atoms with Crippen molar-refractivity contribution >= 4 is 104 Å². The third kappa shape index (κ3) is 19.2. The average molecular weight is 1400 g/mol. The standard InChI is InChI=1S/C70H87F2N13O12S2/c1-39(2)61(89)60-66(94)81-54(28-40-13-17-47(86)18-14-40)68(96)85-25-8-22-70(85,3)69(97)82-56(62(74)90)38-99-37-42-10-6-9-41(27-42)36-98-26-21-58(87)78-52(11-4-5-23-73)63(91)77-35-59(88)79-53(29-43-33-75-50-19-15-45(71)31-48(43)50)64(92)80-55(67(95)84-24-7-12-57(84)65(93)83-60)30-44-34-76-51-20-16-46(72)32-49(44)51/h6,9-10,13-20,27,31-34,39,52-57,60-61,75-76,86,89H,4-5,7-8,11-12,21-26,28-30,35-38,73H2,1-3H3,(H2,74,90)(H,77,91)(H,78,87)(H,79,88)(H,80,92)(H,81,94)(H,82,97)(H,83,93)/t52-,53-,54-,55-,56-,57-,60-,61+,70-/m0/s1. The molecule has 9 rings (SSSR count). The summed E-state index contributed by atoms with van der Waals surface area (Å²) in [5.41, 5.74) is 14.2. The number of carbonyl (C=O) groups is 10. The lowest BCUT2D eigenvalue weighted by Crippen LogP contribution is -2.64. The maximum atomic E-state index is 15.5. The van der Waals surface area contributed by atoms with Crippen molar-refractivity contribution in [2.24, 2.45) is 17.4 Å². The summed E-state index contributed by atoms with van der Waals surface area (Å²) in [7, 11) is 0. The van der Waals surface area contributed by atoms with Crippen molar-refractivity contribution in [2.45, 2.75) is 157 Å². The maximum Gasteiger partial charge on any atom is 0.246 e. The van der Waals surface area contributed by atoms with Crippen LogP contribution in [0.2, 0.25) is 0 Å². The van der Waals surface area contributed by atoms with Crippen molar-refractivity contribution in [1.29, 1.82) is 0 Å². The van der Waals surface area contributed by atoms with E-state index in [0.29, 0.717) is 81.6 Å². The lowest BCUT2D eigenvalue weighted by Gasteiger charge is -2.37. The molecule has 25 nitrogen and oxygen atoms in total. The average Bonchev–Trinajstić information content (AvgIpc) is 1.69. The van der Waals surface area contributed by atoms with Crippen LogP contribution in [0.25, 0.3) is 21.8 Å². The number of H-pyrrole nitrogens is 2. The van der Waals surface area contributed by atoms with E-state index < -0.39 is 137 Å². The molecule has 0 unspecified atom stereocenters. The zero-order valence-corrected chi connectivity index (χ0v) is 57.1. The fourth-order valence-electron chi connectivity index (χ4n) is 12.8. The number of phenols is 1. The van der Waals surface area contributed by atoms with Gasteiger partial charge in [-0.05, 0) is 141 Å². The second kappa shape index (κ2) is 34.1. The summed E-state index contributed by atoms with van der Waals surface area (Å²) in [5, 5.41) is 41.9. The van der Waals surface area contributed by atoms with Crippen molar-refractivity contribution in [1.82, 2.24) is 57.0 Å². The normalized spacial score (nSPS) is 24.0. The summed E-state index contributed by atoms with van der Waals surface area (Å²) in [5.74, 6) is -8.43. The van der Waals surface area contributed by atoms with Gasteiger partial charge in [0.15, 0.2) is 0 Å². The molecule has 0 aliphatic carbocycles. The molecule has 9 atom stereocenters. The Hall–Kier alpha value is -9.06. The molecule has 0 spiro atoms. The van der Waals surface area contributed by atoms with Gasteiger partial charge >= 0.3 is 0 Å².